The molecule has 2 heterocycles. The number of morpholine rings is 1. The minimum atomic E-state index is 0. The number of rotatable bonds is 7. The predicted octanol–water partition coefficient (Wildman–Crippen LogP) is 2.06. The van der Waals surface area contributed by atoms with Crippen LogP contribution in [-0.2, 0) is 4.74 Å². The molecule has 0 amide bonds. The summed E-state index contributed by atoms with van der Waals surface area (Å²) in [5.41, 5.74) is 0. The quantitative estimate of drug-likeness (QED) is 0.266. The molecule has 1 N–H and O–H groups in total. The number of nitrogens with zero attached hydrogens (tertiary/aromatic N) is 3. The normalized spacial score (nSPS) is 20.6. The van der Waals surface area contributed by atoms with E-state index >= 15 is 0 Å². The van der Waals surface area contributed by atoms with Gasteiger partial charge in [-0.15, -0.1) is 24.0 Å². The number of likely N-dealkylation sites (tertiary alicyclic amines) is 1. The van der Waals surface area contributed by atoms with Crippen molar-refractivity contribution in [2.45, 2.75) is 18.9 Å². The summed E-state index contributed by atoms with van der Waals surface area (Å²) in [5, 5.41) is 3.47. The molecule has 0 spiro atoms. The molecule has 1 aromatic rings. The van der Waals surface area contributed by atoms with E-state index in [2.05, 4.69) is 20.1 Å². The molecule has 8 heteroatoms. The Balaban J connectivity index is 0.00000280. The minimum absolute atomic E-state index is 0. The van der Waals surface area contributed by atoms with Crippen LogP contribution in [0, 0.1) is 0 Å². The number of guanidine groups is 1. The molecule has 3 rings (SSSR count). The number of aliphatic imine (C=N–C) groups is 1. The third kappa shape index (κ3) is 6.66. The van der Waals surface area contributed by atoms with Crippen LogP contribution < -0.4 is 14.8 Å². The first kappa shape index (κ1) is 23.0. The Labute approximate surface area is 185 Å². The van der Waals surface area contributed by atoms with E-state index in [1.165, 1.54) is 6.42 Å². The SMILES string of the molecule is CN=C(NCCCOc1cccc(OC)c1)N1CCC(N2CCOCC2)C1.I. The number of nitrogens with one attached hydrogen (secondary N) is 1. The number of hydrogen-bond donors (Lipinski definition) is 1. The molecule has 28 heavy (non-hydrogen) atoms. The lowest BCUT2D eigenvalue weighted by atomic mass is 10.2. The van der Waals surface area contributed by atoms with Crippen LogP contribution >= 0.6 is 24.0 Å². The standard InChI is InChI=1S/C20H32N4O3.HI/c1-21-20(24-9-7-17(16-24)23-10-13-26-14-11-23)22-8-4-12-27-19-6-3-5-18(15-19)25-2;/h3,5-6,15,17H,4,7-14,16H2,1-2H3,(H,21,22);1H. The summed E-state index contributed by atoms with van der Waals surface area (Å²) >= 11 is 0. The summed E-state index contributed by atoms with van der Waals surface area (Å²) in [4.78, 5) is 9.38. The van der Waals surface area contributed by atoms with Crippen molar-refractivity contribution in [2.75, 3.05) is 66.7 Å². The van der Waals surface area contributed by atoms with E-state index in [-0.39, 0.29) is 24.0 Å². The van der Waals surface area contributed by atoms with Gasteiger partial charge in [-0.2, -0.15) is 0 Å². The third-order valence-electron chi connectivity index (χ3n) is 5.15. The fourth-order valence-electron chi connectivity index (χ4n) is 3.66. The van der Waals surface area contributed by atoms with Crippen LogP contribution in [-0.4, -0.2) is 88.5 Å². The molecule has 2 aliphatic rings. The van der Waals surface area contributed by atoms with Gasteiger partial charge >= 0.3 is 0 Å². The second kappa shape index (κ2) is 12.3. The van der Waals surface area contributed by atoms with E-state index in [9.17, 15) is 0 Å². The zero-order valence-electron chi connectivity index (χ0n) is 16.9. The zero-order chi connectivity index (χ0) is 18.9. The molecule has 158 valence electrons. The molecule has 0 aromatic heterocycles. The van der Waals surface area contributed by atoms with Gasteiger partial charge in [0.2, 0.25) is 0 Å². The van der Waals surface area contributed by atoms with Crippen LogP contribution in [0.2, 0.25) is 0 Å². The highest BCUT2D eigenvalue weighted by Crippen LogP contribution is 2.19. The van der Waals surface area contributed by atoms with Gasteiger partial charge in [-0.3, -0.25) is 9.89 Å². The van der Waals surface area contributed by atoms with E-state index in [4.69, 9.17) is 14.2 Å². The van der Waals surface area contributed by atoms with Gasteiger partial charge in [-0.25, -0.2) is 0 Å². The topological polar surface area (TPSA) is 58.6 Å². The molecule has 0 aliphatic carbocycles. The highest BCUT2D eigenvalue weighted by molar-refractivity contribution is 14.0. The summed E-state index contributed by atoms with van der Waals surface area (Å²) in [6.45, 7) is 7.41. The number of hydrogen-bond acceptors (Lipinski definition) is 5. The molecule has 0 saturated carbocycles. The Hall–Kier alpha value is -1.26. The molecule has 1 atom stereocenters. The van der Waals surface area contributed by atoms with Gasteiger partial charge in [0.05, 0.1) is 26.9 Å². The average molecular weight is 504 g/mol. The van der Waals surface area contributed by atoms with Crippen molar-refractivity contribution in [1.29, 1.82) is 0 Å². The summed E-state index contributed by atoms with van der Waals surface area (Å²) in [6, 6.07) is 8.32. The number of halogens is 1. The van der Waals surface area contributed by atoms with E-state index < -0.39 is 0 Å². The highest BCUT2D eigenvalue weighted by atomic mass is 127. The number of ether oxygens (including phenoxy) is 3. The van der Waals surface area contributed by atoms with Crippen molar-refractivity contribution >= 4 is 29.9 Å². The van der Waals surface area contributed by atoms with E-state index in [1.54, 1.807) is 7.11 Å². The van der Waals surface area contributed by atoms with Crippen molar-refractivity contribution in [2.24, 2.45) is 4.99 Å². The van der Waals surface area contributed by atoms with Crippen LogP contribution in [0.1, 0.15) is 12.8 Å². The zero-order valence-corrected chi connectivity index (χ0v) is 19.3. The van der Waals surface area contributed by atoms with Gasteiger partial charge in [0.25, 0.3) is 0 Å². The fourth-order valence-corrected chi connectivity index (χ4v) is 3.66. The Morgan fingerprint density at radius 2 is 2.04 bits per heavy atom. The summed E-state index contributed by atoms with van der Waals surface area (Å²) in [7, 11) is 3.52. The van der Waals surface area contributed by atoms with Gasteiger partial charge in [-0.05, 0) is 25.0 Å². The Morgan fingerprint density at radius 1 is 1.25 bits per heavy atom. The molecule has 2 aliphatic heterocycles. The number of methoxy groups -OCH3 is 1. The first-order valence-corrected chi connectivity index (χ1v) is 9.84. The van der Waals surface area contributed by atoms with E-state index in [0.29, 0.717) is 12.6 Å². The van der Waals surface area contributed by atoms with Crippen LogP contribution in [0.4, 0.5) is 0 Å². The van der Waals surface area contributed by atoms with Gasteiger partial charge in [0, 0.05) is 51.9 Å². The maximum atomic E-state index is 5.79. The van der Waals surface area contributed by atoms with Crippen molar-refractivity contribution < 1.29 is 14.2 Å². The van der Waals surface area contributed by atoms with Crippen molar-refractivity contribution in [3.8, 4) is 11.5 Å². The summed E-state index contributed by atoms with van der Waals surface area (Å²) < 4.78 is 16.5. The molecule has 1 unspecified atom stereocenters. The smallest absolute Gasteiger partial charge is 0.193 e. The Bertz CT molecular complexity index is 611. The maximum absolute atomic E-state index is 5.79. The molecule has 2 fully saturated rings. The minimum Gasteiger partial charge on any atom is -0.497 e. The van der Waals surface area contributed by atoms with Gasteiger partial charge in [-0.1, -0.05) is 6.07 Å². The lowest BCUT2D eigenvalue weighted by Gasteiger charge is -2.32. The third-order valence-corrected chi connectivity index (χ3v) is 5.15. The molecule has 0 bridgehead atoms. The van der Waals surface area contributed by atoms with Gasteiger partial charge < -0.3 is 24.4 Å². The van der Waals surface area contributed by atoms with Crippen molar-refractivity contribution in [3.63, 3.8) is 0 Å². The molecule has 0 radical (unpaired) electrons. The van der Waals surface area contributed by atoms with Gasteiger partial charge in [0.1, 0.15) is 11.5 Å². The predicted molar refractivity (Wildman–Crippen MR) is 122 cm³/mol. The lowest BCUT2D eigenvalue weighted by molar-refractivity contribution is 0.0195. The largest absolute Gasteiger partial charge is 0.497 e. The fraction of sp³-hybridized carbons (Fsp3) is 0.650. The van der Waals surface area contributed by atoms with Gasteiger partial charge in [0.15, 0.2) is 5.96 Å². The van der Waals surface area contributed by atoms with Crippen LogP contribution in [0.15, 0.2) is 29.3 Å². The monoisotopic (exact) mass is 504 g/mol. The second-order valence-corrected chi connectivity index (χ2v) is 6.89. The molecule has 1 aromatic carbocycles. The summed E-state index contributed by atoms with van der Waals surface area (Å²) in [5.74, 6) is 2.65. The average Bonchev–Trinajstić information content (AvgIpc) is 3.21. The maximum Gasteiger partial charge on any atom is 0.193 e. The van der Waals surface area contributed by atoms with E-state index in [0.717, 1.165) is 69.8 Å². The highest BCUT2D eigenvalue weighted by Gasteiger charge is 2.30. The van der Waals surface area contributed by atoms with Crippen molar-refractivity contribution in [1.82, 2.24) is 15.1 Å². The second-order valence-electron chi connectivity index (χ2n) is 6.89. The Morgan fingerprint density at radius 3 is 2.79 bits per heavy atom. The molecule has 2 saturated heterocycles. The van der Waals surface area contributed by atoms with Crippen LogP contribution in [0.5, 0.6) is 11.5 Å². The van der Waals surface area contributed by atoms with E-state index in [1.807, 2.05) is 31.3 Å². The van der Waals surface area contributed by atoms with Crippen LogP contribution in [0.25, 0.3) is 0 Å². The molecular formula is C20H33IN4O3. The lowest BCUT2D eigenvalue weighted by Crippen LogP contribution is -2.46. The first-order chi connectivity index (χ1) is 13.3. The molecule has 7 nitrogen and oxygen atoms in total. The first-order valence-electron chi connectivity index (χ1n) is 9.84. The van der Waals surface area contributed by atoms with Crippen LogP contribution in [0.3, 0.4) is 0 Å². The Kier molecular flexibility index (Phi) is 10.1. The number of benzene rings is 1. The van der Waals surface area contributed by atoms with Crippen molar-refractivity contribution in [3.05, 3.63) is 24.3 Å². The molecular weight excluding hydrogens is 471 g/mol. The summed E-state index contributed by atoms with van der Waals surface area (Å²) in [6.07, 6.45) is 2.11.